The predicted molar refractivity (Wildman–Crippen MR) is 65.9 cm³/mol. The maximum absolute atomic E-state index is 10.5. The topological polar surface area (TPSA) is 82.1 Å². The van der Waals surface area contributed by atoms with Gasteiger partial charge in [0, 0.05) is 16.0 Å². The van der Waals surface area contributed by atoms with Gasteiger partial charge in [-0.3, -0.25) is 4.72 Å². The van der Waals surface area contributed by atoms with Crippen LogP contribution < -0.4 is 34.3 Å². The molecule has 0 radical (unpaired) electrons. The van der Waals surface area contributed by atoms with Crippen LogP contribution in [-0.4, -0.2) is 18.0 Å². The molecular formula is C9H6ClN2NaO3S2. The first-order chi connectivity index (χ1) is 7.94. The van der Waals surface area contributed by atoms with Crippen molar-refractivity contribution in [2.45, 2.75) is 0 Å². The van der Waals surface area contributed by atoms with Gasteiger partial charge in [0.05, 0.1) is 5.69 Å². The fraction of sp³-hybridized carbons (Fsp3) is 0. The molecule has 0 aliphatic carbocycles. The molecule has 0 spiro atoms. The van der Waals surface area contributed by atoms with Crippen LogP contribution in [0.2, 0.25) is 5.02 Å². The molecule has 0 saturated carbocycles. The van der Waals surface area contributed by atoms with Gasteiger partial charge in [-0.05, 0) is 12.1 Å². The molecule has 2 rings (SSSR count). The first-order valence-corrected chi connectivity index (χ1v) is 7.06. The molecule has 18 heavy (non-hydrogen) atoms. The summed E-state index contributed by atoms with van der Waals surface area (Å²) in [5.41, 5.74) is 1.37. The van der Waals surface area contributed by atoms with Gasteiger partial charge in [0.1, 0.15) is 0 Å². The van der Waals surface area contributed by atoms with Gasteiger partial charge in [-0.2, -0.15) is 0 Å². The van der Waals surface area contributed by atoms with Gasteiger partial charge >= 0.3 is 29.6 Å². The van der Waals surface area contributed by atoms with Crippen LogP contribution in [-0.2, 0) is 10.3 Å². The Bertz CT molecular complexity index is 628. The largest absolute Gasteiger partial charge is 1.00 e. The van der Waals surface area contributed by atoms with Crippen LogP contribution >= 0.6 is 22.9 Å². The molecule has 2 aromatic rings. The van der Waals surface area contributed by atoms with E-state index < -0.39 is 10.3 Å². The summed E-state index contributed by atoms with van der Waals surface area (Å²) in [4.78, 5) is 3.98. The molecule has 1 aromatic carbocycles. The third kappa shape index (κ3) is 4.51. The van der Waals surface area contributed by atoms with E-state index in [0.29, 0.717) is 10.7 Å². The number of nitrogens with one attached hydrogen (secondary N) is 1. The Hall–Kier alpha value is -0.150. The van der Waals surface area contributed by atoms with Crippen molar-refractivity contribution in [1.82, 2.24) is 4.98 Å². The Labute approximate surface area is 135 Å². The van der Waals surface area contributed by atoms with Gasteiger partial charge in [0.25, 0.3) is 0 Å². The van der Waals surface area contributed by atoms with Crippen LogP contribution in [0.3, 0.4) is 0 Å². The van der Waals surface area contributed by atoms with Gasteiger partial charge in [0.2, 0.25) is 0 Å². The van der Waals surface area contributed by atoms with Crippen molar-refractivity contribution in [2.24, 2.45) is 0 Å². The van der Waals surface area contributed by atoms with Crippen LogP contribution in [0, 0.1) is 0 Å². The van der Waals surface area contributed by atoms with E-state index in [-0.39, 0.29) is 34.7 Å². The number of aromatic nitrogens is 1. The van der Waals surface area contributed by atoms with Gasteiger partial charge in [0.15, 0.2) is 15.4 Å². The molecule has 0 unspecified atom stereocenters. The van der Waals surface area contributed by atoms with Gasteiger partial charge in [-0.25, -0.2) is 13.4 Å². The molecule has 0 atom stereocenters. The van der Waals surface area contributed by atoms with Gasteiger partial charge in [-0.1, -0.05) is 23.7 Å². The molecule has 0 fully saturated rings. The Balaban J connectivity index is 0.00000162. The molecular weight excluding hydrogens is 307 g/mol. The van der Waals surface area contributed by atoms with E-state index in [1.54, 1.807) is 34.4 Å². The molecule has 0 aliphatic heterocycles. The summed E-state index contributed by atoms with van der Waals surface area (Å²) < 4.78 is 33.2. The molecule has 0 amide bonds. The van der Waals surface area contributed by atoms with Crippen molar-refractivity contribution in [3.8, 4) is 11.3 Å². The Morgan fingerprint density at radius 2 is 1.89 bits per heavy atom. The zero-order valence-corrected chi connectivity index (χ0v) is 13.6. The maximum Gasteiger partial charge on any atom is 1.00 e. The SMILES string of the molecule is O=S(=O)([O-])Nc1nc(-c2ccc(Cl)cc2)cs1.[Na+]. The second-order valence-corrected chi connectivity index (χ2v) is 5.51. The summed E-state index contributed by atoms with van der Waals surface area (Å²) in [5.74, 6) is 0. The van der Waals surface area contributed by atoms with Crippen LogP contribution in [0.5, 0.6) is 0 Å². The number of anilines is 1. The van der Waals surface area contributed by atoms with E-state index in [9.17, 15) is 13.0 Å². The van der Waals surface area contributed by atoms with Crippen molar-refractivity contribution in [1.29, 1.82) is 0 Å². The first-order valence-electron chi connectivity index (χ1n) is 4.39. The minimum atomic E-state index is -4.53. The molecule has 90 valence electrons. The average molecular weight is 313 g/mol. The first kappa shape index (κ1) is 15.9. The number of rotatable bonds is 3. The molecule has 0 bridgehead atoms. The second kappa shape index (κ2) is 6.33. The van der Waals surface area contributed by atoms with Crippen LogP contribution in [0.4, 0.5) is 5.13 Å². The average Bonchev–Trinajstić information content (AvgIpc) is 2.64. The van der Waals surface area contributed by atoms with Crippen molar-refractivity contribution in [3.63, 3.8) is 0 Å². The molecule has 1 N–H and O–H groups in total. The van der Waals surface area contributed by atoms with Gasteiger partial charge in [-0.15, -0.1) is 11.3 Å². The molecule has 5 nitrogen and oxygen atoms in total. The third-order valence-corrected chi connectivity index (χ3v) is 3.44. The number of halogens is 1. The smallest absolute Gasteiger partial charge is 0.731 e. The minimum Gasteiger partial charge on any atom is -0.731 e. The molecule has 0 aliphatic rings. The van der Waals surface area contributed by atoms with Crippen molar-refractivity contribution in [3.05, 3.63) is 34.7 Å². The number of thiazole rings is 1. The van der Waals surface area contributed by atoms with Gasteiger partial charge < -0.3 is 4.55 Å². The van der Waals surface area contributed by atoms with E-state index in [0.717, 1.165) is 16.9 Å². The van der Waals surface area contributed by atoms with Crippen molar-refractivity contribution in [2.75, 3.05) is 4.72 Å². The molecule has 9 heteroatoms. The van der Waals surface area contributed by atoms with E-state index in [1.165, 1.54) is 0 Å². The summed E-state index contributed by atoms with van der Waals surface area (Å²) >= 11 is 6.78. The Kier molecular flexibility index (Phi) is 5.60. The molecule has 1 heterocycles. The summed E-state index contributed by atoms with van der Waals surface area (Å²) in [6, 6.07) is 6.92. The van der Waals surface area contributed by atoms with E-state index >= 15 is 0 Å². The zero-order valence-electron chi connectivity index (χ0n) is 9.25. The summed E-state index contributed by atoms with van der Waals surface area (Å²) in [7, 11) is -4.53. The number of benzene rings is 1. The second-order valence-electron chi connectivity index (χ2n) is 3.10. The normalized spacial score (nSPS) is 10.8. The Morgan fingerprint density at radius 3 is 2.44 bits per heavy atom. The quantitative estimate of drug-likeness (QED) is 0.602. The number of hydrogen-bond donors (Lipinski definition) is 1. The zero-order chi connectivity index (χ0) is 12.5. The summed E-state index contributed by atoms with van der Waals surface area (Å²) in [6.07, 6.45) is 0. The summed E-state index contributed by atoms with van der Waals surface area (Å²) in [5, 5.41) is 2.30. The van der Waals surface area contributed by atoms with E-state index in [2.05, 4.69) is 4.98 Å². The van der Waals surface area contributed by atoms with Crippen LogP contribution in [0.15, 0.2) is 29.6 Å². The number of hydrogen-bond acceptors (Lipinski definition) is 5. The third-order valence-electron chi connectivity index (χ3n) is 1.86. The monoisotopic (exact) mass is 312 g/mol. The predicted octanol–water partition coefficient (Wildman–Crippen LogP) is -0.660. The fourth-order valence-electron chi connectivity index (χ4n) is 1.18. The maximum atomic E-state index is 10.5. The standard InChI is InChI=1S/C9H7ClN2O3S2.Na/c10-7-3-1-6(2-4-7)8-5-16-9(11-8)12-17(13,14)15;/h1-5H,(H,11,12)(H,13,14,15);/q;+1/p-1. The van der Waals surface area contributed by atoms with Crippen molar-refractivity contribution >= 4 is 38.4 Å². The molecule has 0 saturated heterocycles. The van der Waals surface area contributed by atoms with Crippen LogP contribution in [0.25, 0.3) is 11.3 Å². The fourth-order valence-corrected chi connectivity index (χ4v) is 2.63. The Morgan fingerprint density at radius 1 is 1.28 bits per heavy atom. The van der Waals surface area contributed by atoms with Crippen molar-refractivity contribution < 1.29 is 42.5 Å². The molecule has 1 aromatic heterocycles. The minimum absolute atomic E-state index is 0. The number of nitrogens with zero attached hydrogens (tertiary/aromatic N) is 1. The van der Waals surface area contributed by atoms with Crippen LogP contribution in [0.1, 0.15) is 0 Å². The summed E-state index contributed by atoms with van der Waals surface area (Å²) in [6.45, 7) is 0. The van der Waals surface area contributed by atoms with E-state index in [4.69, 9.17) is 11.6 Å². The van der Waals surface area contributed by atoms with E-state index in [1.807, 2.05) is 0 Å².